The van der Waals surface area contributed by atoms with Crippen molar-refractivity contribution in [3.05, 3.63) is 87.5 Å². The van der Waals surface area contributed by atoms with E-state index < -0.39 is 59.3 Å². The molecule has 0 fully saturated rings. The van der Waals surface area contributed by atoms with E-state index in [0.29, 0.717) is 11.4 Å². The molecule has 0 spiro atoms. The summed E-state index contributed by atoms with van der Waals surface area (Å²) in [6.07, 6.45) is 2.37. The van der Waals surface area contributed by atoms with E-state index >= 15 is 0 Å². The molecular weight excluding hydrogens is 719 g/mol. The van der Waals surface area contributed by atoms with Crippen molar-refractivity contribution in [2.75, 3.05) is 40.3 Å². The highest BCUT2D eigenvalue weighted by atomic mass is 32.1. The van der Waals surface area contributed by atoms with Crippen LogP contribution in [-0.2, 0) is 32.1 Å². The van der Waals surface area contributed by atoms with Gasteiger partial charge in [-0.15, -0.1) is 11.3 Å². The van der Waals surface area contributed by atoms with E-state index in [0.717, 1.165) is 22.5 Å². The molecule has 2 aromatic carbocycles. The molecular formula is C38H46F2N8O5S. The Bertz CT molecular complexity index is 2000. The number of thiazole rings is 1. The van der Waals surface area contributed by atoms with Gasteiger partial charge in [-0.2, -0.15) is 0 Å². The third-order valence-electron chi connectivity index (χ3n) is 9.22. The Labute approximate surface area is 316 Å². The van der Waals surface area contributed by atoms with Crippen LogP contribution in [0.25, 0.3) is 10.9 Å². The summed E-state index contributed by atoms with van der Waals surface area (Å²) in [4.78, 5) is 79.6. The van der Waals surface area contributed by atoms with E-state index in [-0.39, 0.29) is 56.3 Å². The van der Waals surface area contributed by atoms with Gasteiger partial charge >= 0.3 is 0 Å². The minimum Gasteiger partial charge on any atom is -0.361 e. The van der Waals surface area contributed by atoms with E-state index in [1.54, 1.807) is 16.5 Å². The molecule has 0 radical (unpaired) electrons. The number of aromatic amines is 1. The summed E-state index contributed by atoms with van der Waals surface area (Å²) in [6.45, 7) is 4.95. The molecule has 288 valence electrons. The Hall–Kier alpha value is -5.22. The quantitative estimate of drug-likeness (QED) is 0.234. The second kappa shape index (κ2) is 17.7. The number of halogens is 2. The number of aromatic nitrogens is 2. The maximum atomic E-state index is 14.8. The molecule has 0 saturated heterocycles. The number of carbonyl (C=O) groups is 5. The fourth-order valence-corrected chi connectivity index (χ4v) is 7.27. The van der Waals surface area contributed by atoms with E-state index in [2.05, 4.69) is 25.9 Å². The molecule has 0 unspecified atom stereocenters. The first kappa shape index (κ1) is 40.0. The van der Waals surface area contributed by atoms with E-state index in [9.17, 15) is 32.8 Å². The average molecular weight is 765 g/mol. The van der Waals surface area contributed by atoms with Crippen molar-refractivity contribution in [2.24, 2.45) is 5.92 Å². The van der Waals surface area contributed by atoms with Crippen molar-refractivity contribution >= 4 is 51.8 Å². The monoisotopic (exact) mass is 764 g/mol. The van der Waals surface area contributed by atoms with Gasteiger partial charge in [0.1, 0.15) is 22.8 Å². The zero-order valence-electron chi connectivity index (χ0n) is 30.9. The third kappa shape index (κ3) is 10.0. The second-order valence-electron chi connectivity index (χ2n) is 14.1. The number of nitrogens with zero attached hydrogens (tertiary/aromatic N) is 4. The van der Waals surface area contributed by atoms with Gasteiger partial charge in [-0.05, 0) is 37.0 Å². The van der Waals surface area contributed by atoms with Crippen LogP contribution >= 0.6 is 11.3 Å². The number of H-pyrrole nitrogens is 1. The van der Waals surface area contributed by atoms with Gasteiger partial charge in [-0.25, -0.2) is 13.8 Å². The van der Waals surface area contributed by atoms with Crippen LogP contribution in [-0.4, -0.2) is 107 Å². The number of likely N-dealkylation sites (N-methyl/N-ethyl adjacent to an activating group) is 2. The van der Waals surface area contributed by atoms with Crippen LogP contribution < -0.4 is 16.0 Å². The SMILES string of the molecule is CC(C)C[C@@H]1NC(=O)CN(Cc2cccc(F)c2F)CCN(C)C(=O)[C@H](C)NC(=O)CN(C)C(=O)[C@@H](Cc2c[nH]c3ccccc23)NC(=O)c2csc1n2. The lowest BCUT2D eigenvalue weighted by molar-refractivity contribution is -0.138. The molecule has 5 amide bonds. The Morgan fingerprint density at radius 2 is 1.59 bits per heavy atom. The number of hydrogen-bond acceptors (Lipinski definition) is 8. The summed E-state index contributed by atoms with van der Waals surface area (Å²) in [5.74, 6) is -4.52. The smallest absolute Gasteiger partial charge is 0.271 e. The summed E-state index contributed by atoms with van der Waals surface area (Å²) in [7, 11) is 2.98. The van der Waals surface area contributed by atoms with E-state index in [4.69, 9.17) is 0 Å². The molecule has 4 aromatic rings. The number of carbonyl (C=O) groups excluding carboxylic acids is 5. The second-order valence-corrected chi connectivity index (χ2v) is 15.0. The molecule has 0 aliphatic carbocycles. The van der Waals surface area contributed by atoms with Gasteiger partial charge in [0.25, 0.3) is 5.91 Å². The number of fused-ring (bicyclic) bond motifs is 3. The standard InChI is InChI=1S/C38H46F2N8O5S/c1-22(2)15-29-36-45-31(21-54-36)35(51)44-30(16-25-17-41-28-12-7-6-10-26(25)28)38(53)47(5)19-32(49)42-23(3)37(52)46(4)13-14-48(20-33(50)43-29)18-24-9-8-11-27(39)34(24)40/h6-12,17,21-23,29-30,41H,13-16,18-20H2,1-5H3,(H,42,49)(H,43,50)(H,44,51)/t23-,29-,30+/m0/s1. The lowest BCUT2D eigenvalue weighted by Crippen LogP contribution is -2.53. The minimum atomic E-state index is -1.08. The van der Waals surface area contributed by atoms with Crippen LogP contribution in [0.5, 0.6) is 0 Å². The van der Waals surface area contributed by atoms with Crippen LogP contribution in [0.3, 0.4) is 0 Å². The first-order chi connectivity index (χ1) is 25.7. The van der Waals surface area contributed by atoms with E-state index in [1.165, 1.54) is 54.3 Å². The number of nitrogens with one attached hydrogen (secondary N) is 4. The van der Waals surface area contributed by atoms with Gasteiger partial charge in [0.15, 0.2) is 11.6 Å². The zero-order valence-corrected chi connectivity index (χ0v) is 31.8. The molecule has 2 aromatic heterocycles. The third-order valence-corrected chi connectivity index (χ3v) is 10.2. The highest BCUT2D eigenvalue weighted by Crippen LogP contribution is 2.26. The van der Waals surface area contributed by atoms with Crippen LogP contribution in [0.4, 0.5) is 8.78 Å². The molecule has 13 nitrogen and oxygen atoms in total. The summed E-state index contributed by atoms with van der Waals surface area (Å²) < 4.78 is 28.9. The lowest BCUT2D eigenvalue weighted by atomic mass is 10.0. The molecule has 1 aliphatic rings. The summed E-state index contributed by atoms with van der Waals surface area (Å²) in [6, 6.07) is 8.74. The van der Waals surface area contributed by atoms with Gasteiger partial charge in [0, 0.05) is 68.2 Å². The molecule has 5 rings (SSSR count). The van der Waals surface area contributed by atoms with Gasteiger partial charge < -0.3 is 30.7 Å². The van der Waals surface area contributed by atoms with Crippen LogP contribution in [0.2, 0.25) is 0 Å². The summed E-state index contributed by atoms with van der Waals surface area (Å²) in [5, 5.41) is 11.4. The fraction of sp³-hybridized carbons (Fsp3) is 0.421. The molecule has 2 bridgehead atoms. The lowest BCUT2D eigenvalue weighted by Gasteiger charge is -2.28. The highest BCUT2D eigenvalue weighted by molar-refractivity contribution is 7.09. The predicted octanol–water partition coefficient (Wildman–Crippen LogP) is 3.38. The molecule has 4 N–H and O–H groups in total. The highest BCUT2D eigenvalue weighted by Gasteiger charge is 2.30. The van der Waals surface area contributed by atoms with Gasteiger partial charge in [0.2, 0.25) is 23.6 Å². The number of hydrogen-bond donors (Lipinski definition) is 4. The maximum Gasteiger partial charge on any atom is 0.271 e. The summed E-state index contributed by atoms with van der Waals surface area (Å²) >= 11 is 1.19. The molecule has 1 aliphatic heterocycles. The summed E-state index contributed by atoms with van der Waals surface area (Å²) in [5.41, 5.74) is 1.73. The molecule has 16 heteroatoms. The molecule has 3 heterocycles. The van der Waals surface area contributed by atoms with Gasteiger partial charge in [0.05, 0.1) is 19.1 Å². The number of rotatable bonds is 6. The number of amides is 5. The minimum absolute atomic E-state index is 0.0407. The van der Waals surface area contributed by atoms with E-state index in [1.807, 2.05) is 38.1 Å². The van der Waals surface area contributed by atoms with Gasteiger partial charge in [-0.3, -0.25) is 28.9 Å². The molecule has 54 heavy (non-hydrogen) atoms. The van der Waals surface area contributed by atoms with Crippen molar-refractivity contribution in [1.29, 1.82) is 0 Å². The van der Waals surface area contributed by atoms with Crippen molar-refractivity contribution in [3.8, 4) is 0 Å². The van der Waals surface area contributed by atoms with Crippen LogP contribution in [0.15, 0.2) is 54.0 Å². The Balaban J connectivity index is 1.46. The molecule has 0 saturated carbocycles. The fourth-order valence-electron chi connectivity index (χ4n) is 6.41. The van der Waals surface area contributed by atoms with Crippen molar-refractivity contribution in [2.45, 2.75) is 58.3 Å². The van der Waals surface area contributed by atoms with Crippen molar-refractivity contribution in [3.63, 3.8) is 0 Å². The molecule has 3 atom stereocenters. The Morgan fingerprint density at radius 1 is 0.852 bits per heavy atom. The first-order valence-corrected chi connectivity index (χ1v) is 18.6. The topological polar surface area (TPSA) is 160 Å². The Kier molecular flexibility index (Phi) is 13.1. The van der Waals surface area contributed by atoms with Crippen molar-refractivity contribution < 1.29 is 32.8 Å². The number of benzene rings is 2. The largest absolute Gasteiger partial charge is 0.361 e. The van der Waals surface area contributed by atoms with Crippen LogP contribution in [0.1, 0.15) is 59.9 Å². The normalized spacial score (nSPS) is 20.5. The average Bonchev–Trinajstić information content (AvgIpc) is 3.78. The maximum absolute atomic E-state index is 14.8. The predicted molar refractivity (Wildman–Crippen MR) is 200 cm³/mol. The first-order valence-electron chi connectivity index (χ1n) is 17.7. The zero-order chi connectivity index (χ0) is 39.1. The Morgan fingerprint density at radius 3 is 2.35 bits per heavy atom. The van der Waals surface area contributed by atoms with Crippen LogP contribution in [0, 0.1) is 17.6 Å². The number of para-hydroxylation sites is 1. The van der Waals surface area contributed by atoms with Gasteiger partial charge in [-0.1, -0.05) is 44.2 Å². The van der Waals surface area contributed by atoms with Crippen molar-refractivity contribution in [1.82, 2.24) is 40.6 Å².